The summed E-state index contributed by atoms with van der Waals surface area (Å²) >= 11 is 0. The zero-order valence-electron chi connectivity index (χ0n) is 30.3. The quantitative estimate of drug-likeness (QED) is 0.0573. The summed E-state index contributed by atoms with van der Waals surface area (Å²) in [7, 11) is 0. The van der Waals surface area contributed by atoms with E-state index in [9.17, 15) is 37.5 Å². The van der Waals surface area contributed by atoms with Gasteiger partial charge in [-0.25, -0.2) is 14.6 Å². The number of anilines is 1. The average Bonchev–Trinajstić information content (AvgIpc) is 3.19. The molecule has 0 fully saturated rings. The summed E-state index contributed by atoms with van der Waals surface area (Å²) in [6, 6.07) is 30.3. The van der Waals surface area contributed by atoms with E-state index in [0.717, 1.165) is 16.7 Å². The van der Waals surface area contributed by atoms with E-state index in [4.69, 9.17) is 14.6 Å². The number of nitrogens with one attached hydrogen (secondary N) is 4. The smallest absolute Gasteiger partial charge is 0.481 e. The van der Waals surface area contributed by atoms with Crippen molar-refractivity contribution in [2.45, 2.75) is 63.4 Å². The zero-order valence-corrected chi connectivity index (χ0v) is 30.3. The van der Waals surface area contributed by atoms with Crippen molar-refractivity contribution in [3.63, 3.8) is 0 Å². The first-order valence-electron chi connectivity index (χ1n) is 17.7. The number of ether oxygens (including phenoxy) is 1. The molecule has 6 N–H and O–H groups in total. The molecule has 2 atom stereocenters. The number of unbranched alkanes of at least 4 members (excludes halogenated alkanes) is 1. The molecule has 1 unspecified atom stereocenters. The molecule has 3 aromatic carbocycles. The molecule has 0 aliphatic carbocycles. The van der Waals surface area contributed by atoms with Crippen LogP contribution >= 0.6 is 0 Å². The van der Waals surface area contributed by atoms with Crippen LogP contribution in [0.1, 0.15) is 55.7 Å². The highest BCUT2D eigenvalue weighted by Crippen LogP contribution is 2.24. The van der Waals surface area contributed by atoms with Crippen molar-refractivity contribution in [2.75, 3.05) is 18.4 Å². The van der Waals surface area contributed by atoms with Crippen molar-refractivity contribution < 1.29 is 52.1 Å². The molecule has 0 spiro atoms. The summed E-state index contributed by atoms with van der Waals surface area (Å²) in [4.78, 5) is 63.6. The van der Waals surface area contributed by atoms with Gasteiger partial charge in [-0.15, -0.1) is 0 Å². The standard InChI is InChI=1S/C38H43N5O6.C2HF3O2/c44-35(18-11-25-40-34-17-8-10-23-39-34)42-32(16-7-9-24-41-38(48)49-27-28-12-3-1-4-13-28)37(47)43-33(26-36(45)46)31-21-19-30(20-22-31)29-14-5-2-6-15-29;3-2(4,5)1(6)7/h1-6,8,10,12-15,17,19-23,32-33H,7,9,11,16,18,24-27H2,(H,39,40)(H,41,48)(H,42,44)(H,43,47)(H,45,46);(H,6,7)/t32-,33?;/m0./s1. The molecule has 4 aromatic rings. The topological polar surface area (TPSA) is 196 Å². The number of alkyl halides is 3. The number of nitrogens with zero attached hydrogens (tertiary/aromatic N) is 1. The molecule has 3 amide bonds. The number of halogens is 3. The van der Waals surface area contributed by atoms with Crippen molar-refractivity contribution in [2.24, 2.45) is 0 Å². The second-order valence-corrected chi connectivity index (χ2v) is 12.3. The lowest BCUT2D eigenvalue weighted by atomic mass is 9.98. The van der Waals surface area contributed by atoms with Crippen LogP contribution in [0.2, 0.25) is 0 Å². The number of aromatic nitrogens is 1. The molecule has 298 valence electrons. The van der Waals surface area contributed by atoms with E-state index in [1.807, 2.05) is 91.0 Å². The summed E-state index contributed by atoms with van der Waals surface area (Å²) in [5.74, 6) is -3.89. The molecule has 0 aliphatic heterocycles. The first-order valence-corrected chi connectivity index (χ1v) is 17.7. The number of carbonyl (C=O) groups is 5. The van der Waals surface area contributed by atoms with E-state index in [2.05, 4.69) is 26.3 Å². The number of aliphatic carboxylic acids is 2. The largest absolute Gasteiger partial charge is 0.490 e. The number of rotatable bonds is 19. The third-order valence-corrected chi connectivity index (χ3v) is 7.96. The third-order valence-electron chi connectivity index (χ3n) is 7.96. The van der Waals surface area contributed by atoms with E-state index < -0.39 is 42.2 Å². The predicted octanol–water partition coefficient (Wildman–Crippen LogP) is 6.49. The molecule has 1 aromatic heterocycles. The summed E-state index contributed by atoms with van der Waals surface area (Å²) in [5.41, 5.74) is 3.50. The van der Waals surface area contributed by atoms with Crippen LogP contribution in [0, 0.1) is 0 Å². The van der Waals surface area contributed by atoms with Gasteiger partial charge in [-0.05, 0) is 60.1 Å². The zero-order chi connectivity index (χ0) is 40.8. The fourth-order valence-electron chi connectivity index (χ4n) is 5.14. The maximum atomic E-state index is 13.6. The molecule has 1 heterocycles. The molecule has 0 saturated carbocycles. The first kappa shape index (κ1) is 44.0. The molecule has 0 saturated heterocycles. The Kier molecular flexibility index (Phi) is 18.3. The van der Waals surface area contributed by atoms with Gasteiger partial charge in [-0.3, -0.25) is 14.4 Å². The number of carboxylic acid groups (broad SMARTS) is 2. The highest BCUT2D eigenvalue weighted by atomic mass is 19.4. The molecule has 0 bridgehead atoms. The highest BCUT2D eigenvalue weighted by molar-refractivity contribution is 5.88. The molecule has 4 rings (SSSR count). The Bertz CT molecular complexity index is 1820. The molecule has 13 nitrogen and oxygen atoms in total. The van der Waals surface area contributed by atoms with E-state index in [1.165, 1.54) is 0 Å². The van der Waals surface area contributed by atoms with Gasteiger partial charge < -0.3 is 36.2 Å². The Morgan fingerprint density at radius 1 is 0.732 bits per heavy atom. The van der Waals surface area contributed by atoms with Crippen molar-refractivity contribution in [3.8, 4) is 11.1 Å². The first-order chi connectivity index (χ1) is 26.8. The van der Waals surface area contributed by atoms with Gasteiger partial charge in [0, 0.05) is 25.7 Å². The van der Waals surface area contributed by atoms with Crippen LogP contribution in [-0.4, -0.2) is 70.4 Å². The van der Waals surface area contributed by atoms with Crippen LogP contribution in [0.3, 0.4) is 0 Å². The van der Waals surface area contributed by atoms with Gasteiger partial charge in [-0.1, -0.05) is 91.0 Å². The minimum absolute atomic E-state index is 0.158. The maximum absolute atomic E-state index is 13.6. The van der Waals surface area contributed by atoms with Crippen LogP contribution in [0.5, 0.6) is 0 Å². The Labute approximate surface area is 321 Å². The fourth-order valence-corrected chi connectivity index (χ4v) is 5.14. The van der Waals surface area contributed by atoms with E-state index in [1.54, 1.807) is 18.3 Å². The van der Waals surface area contributed by atoms with Crippen molar-refractivity contribution in [3.05, 3.63) is 120 Å². The number of carboxylic acids is 2. The van der Waals surface area contributed by atoms with Gasteiger partial charge in [0.2, 0.25) is 11.8 Å². The normalized spacial score (nSPS) is 11.8. The SMILES string of the molecule is O=C(O)C(F)(F)F.O=C(O)CC(NC(=O)[C@H](CCCCNC(=O)OCc1ccccc1)NC(=O)CCCNc1ccccn1)c1ccc(-c2ccccc2)cc1. The Morgan fingerprint density at radius 2 is 1.36 bits per heavy atom. The molecule has 16 heteroatoms. The highest BCUT2D eigenvalue weighted by Gasteiger charge is 2.38. The number of alkyl carbamates (subject to hydrolysis) is 1. The second kappa shape index (κ2) is 23.4. The number of benzene rings is 3. The monoisotopic (exact) mass is 779 g/mol. The lowest BCUT2D eigenvalue weighted by Gasteiger charge is -2.23. The van der Waals surface area contributed by atoms with Gasteiger partial charge in [0.05, 0.1) is 12.5 Å². The predicted molar refractivity (Wildman–Crippen MR) is 201 cm³/mol. The molecule has 0 aliphatic rings. The number of pyridine rings is 1. The summed E-state index contributed by atoms with van der Waals surface area (Å²) < 4.78 is 37.0. The van der Waals surface area contributed by atoms with E-state index in [-0.39, 0.29) is 31.8 Å². The number of hydrogen-bond acceptors (Lipinski definition) is 8. The number of amides is 3. The van der Waals surface area contributed by atoms with Gasteiger partial charge in [0.1, 0.15) is 18.5 Å². The Hall–Kier alpha value is -6.45. The lowest BCUT2D eigenvalue weighted by molar-refractivity contribution is -0.192. The van der Waals surface area contributed by atoms with Gasteiger partial charge >= 0.3 is 24.2 Å². The number of hydrogen-bond donors (Lipinski definition) is 6. The summed E-state index contributed by atoms with van der Waals surface area (Å²) in [5, 5.41) is 28.3. The molecule has 0 radical (unpaired) electrons. The van der Waals surface area contributed by atoms with Crippen LogP contribution in [-0.2, 0) is 30.5 Å². The van der Waals surface area contributed by atoms with Crippen molar-refractivity contribution >= 4 is 35.7 Å². The molecule has 56 heavy (non-hydrogen) atoms. The van der Waals surface area contributed by atoms with E-state index >= 15 is 0 Å². The fraction of sp³-hybridized carbons (Fsp3) is 0.300. The van der Waals surface area contributed by atoms with Crippen LogP contribution in [0.4, 0.5) is 23.8 Å². The van der Waals surface area contributed by atoms with E-state index in [0.29, 0.717) is 43.7 Å². The van der Waals surface area contributed by atoms with Gasteiger partial charge in [0.15, 0.2) is 0 Å². The Morgan fingerprint density at radius 3 is 1.96 bits per heavy atom. The minimum atomic E-state index is -5.08. The van der Waals surface area contributed by atoms with Crippen LogP contribution in [0.25, 0.3) is 11.1 Å². The average molecular weight is 780 g/mol. The van der Waals surface area contributed by atoms with Crippen LogP contribution in [0.15, 0.2) is 109 Å². The second-order valence-electron chi connectivity index (χ2n) is 12.3. The third kappa shape index (κ3) is 17.1. The molecular weight excluding hydrogens is 735 g/mol. The van der Waals surface area contributed by atoms with Gasteiger partial charge in [0.25, 0.3) is 0 Å². The number of carbonyl (C=O) groups excluding carboxylic acids is 3. The summed E-state index contributed by atoms with van der Waals surface area (Å²) in [6.07, 6.45) is -2.25. The summed E-state index contributed by atoms with van der Waals surface area (Å²) in [6.45, 7) is 1.00. The van der Waals surface area contributed by atoms with Crippen LogP contribution < -0.4 is 21.3 Å². The Balaban J connectivity index is 0.00000109. The lowest BCUT2D eigenvalue weighted by Crippen LogP contribution is -2.48. The van der Waals surface area contributed by atoms with Crippen molar-refractivity contribution in [1.82, 2.24) is 20.9 Å². The van der Waals surface area contributed by atoms with Gasteiger partial charge in [-0.2, -0.15) is 13.2 Å². The maximum Gasteiger partial charge on any atom is 0.490 e. The molecular formula is C40H44F3N5O8. The minimum Gasteiger partial charge on any atom is -0.481 e. The van der Waals surface area contributed by atoms with Crippen molar-refractivity contribution in [1.29, 1.82) is 0 Å².